The summed E-state index contributed by atoms with van der Waals surface area (Å²) in [6, 6.07) is 0.731. The zero-order chi connectivity index (χ0) is 19.0. The van der Waals surface area contributed by atoms with Crippen molar-refractivity contribution in [1.29, 1.82) is 0 Å². The normalized spacial score (nSPS) is 13.0. The van der Waals surface area contributed by atoms with Gasteiger partial charge in [0.15, 0.2) is 0 Å². The average molecular weight is 398 g/mol. The first-order chi connectivity index (χ1) is 12.0. The first-order valence-corrected chi connectivity index (χ1v) is 12.3. The molecule has 0 spiro atoms. The van der Waals surface area contributed by atoms with Gasteiger partial charge in [-0.1, -0.05) is 0 Å². The summed E-state index contributed by atoms with van der Waals surface area (Å²) in [5, 5.41) is 13.0. The van der Waals surface area contributed by atoms with Crippen molar-refractivity contribution in [2.75, 3.05) is 51.5 Å². The molecule has 0 saturated heterocycles. The second kappa shape index (κ2) is 16.0. The number of aliphatic hydroxyl groups is 1. The number of esters is 1. The maximum atomic E-state index is 11.4. The number of aliphatic hydroxyl groups excluding tert-OH is 1. The lowest BCUT2D eigenvalue weighted by Gasteiger charge is -2.28. The zero-order valence-electron chi connectivity index (χ0n) is 16.0. The Labute approximate surface area is 157 Å². The number of nitrogens with one attached hydrogen (secondary N) is 1. The van der Waals surface area contributed by atoms with Gasteiger partial charge >= 0.3 is 14.8 Å². The Kier molecular flexibility index (Phi) is 15.9. The molecule has 0 aromatic heterocycles. The molecule has 0 saturated carbocycles. The quantitative estimate of drug-likeness (QED) is 0.218. The number of hydrogen-bond acceptors (Lipinski definition) is 8. The first-order valence-electron chi connectivity index (χ1n) is 8.98. The van der Waals surface area contributed by atoms with Crippen molar-refractivity contribution < 1.29 is 27.9 Å². The second-order valence-electron chi connectivity index (χ2n) is 5.37. The van der Waals surface area contributed by atoms with Gasteiger partial charge in [0.05, 0.1) is 6.42 Å². The van der Waals surface area contributed by atoms with Gasteiger partial charge < -0.3 is 28.4 Å². The summed E-state index contributed by atoms with van der Waals surface area (Å²) in [6.45, 7) is 8.64. The number of rotatable bonds is 17. The molecule has 0 aliphatic carbocycles. The molecule has 0 bridgehead atoms. The monoisotopic (exact) mass is 397 g/mol. The van der Waals surface area contributed by atoms with E-state index in [1.807, 2.05) is 27.0 Å². The van der Waals surface area contributed by atoms with E-state index in [2.05, 4.69) is 5.32 Å². The Morgan fingerprint density at radius 2 is 1.76 bits per heavy atom. The number of hydrogen-bond donors (Lipinski definition) is 2. The molecule has 0 aliphatic rings. The highest BCUT2D eigenvalue weighted by Gasteiger charge is 2.39. The fourth-order valence-electron chi connectivity index (χ4n) is 2.21. The highest BCUT2D eigenvalue weighted by Crippen LogP contribution is 2.17. The zero-order valence-corrected chi connectivity index (χ0v) is 17.9. The highest BCUT2D eigenvalue weighted by atomic mass is 32.2. The van der Waals surface area contributed by atoms with Gasteiger partial charge in [0.2, 0.25) is 0 Å². The van der Waals surface area contributed by atoms with Crippen LogP contribution in [0.5, 0.6) is 0 Å². The summed E-state index contributed by atoms with van der Waals surface area (Å²) in [5.41, 5.74) is 0. The summed E-state index contributed by atoms with van der Waals surface area (Å²) in [7, 11) is -2.59. The van der Waals surface area contributed by atoms with E-state index in [1.54, 1.807) is 11.8 Å². The number of carbonyl (C=O) groups is 1. The number of thioether (sulfide) groups is 1. The third kappa shape index (κ3) is 12.8. The smallest absolute Gasteiger partial charge is 0.463 e. The SMILES string of the molecule is CCO[Si](CCCNCC(O)COC(=O)CCSC)(OCC)OCC. The van der Waals surface area contributed by atoms with E-state index >= 15 is 0 Å². The molecule has 0 aliphatic heterocycles. The van der Waals surface area contributed by atoms with Crippen LogP contribution in [0, 0.1) is 0 Å². The molecule has 25 heavy (non-hydrogen) atoms. The standard InChI is InChI=1S/C16H35NO6SSi/c1-5-21-25(22-6-2,23-7-3)12-8-10-17-13-15(18)14-20-16(19)9-11-24-4/h15,17-18H,5-14H2,1-4H3. The van der Waals surface area contributed by atoms with E-state index in [-0.39, 0.29) is 12.6 Å². The van der Waals surface area contributed by atoms with Crippen LogP contribution in [0.4, 0.5) is 0 Å². The molecule has 2 N–H and O–H groups in total. The van der Waals surface area contributed by atoms with Crippen molar-refractivity contribution in [3.8, 4) is 0 Å². The lowest BCUT2D eigenvalue weighted by molar-refractivity contribution is -0.146. The van der Waals surface area contributed by atoms with E-state index in [0.29, 0.717) is 39.3 Å². The molecule has 9 heteroatoms. The van der Waals surface area contributed by atoms with Crippen molar-refractivity contribution in [2.24, 2.45) is 0 Å². The Balaban J connectivity index is 3.95. The van der Waals surface area contributed by atoms with E-state index < -0.39 is 14.9 Å². The van der Waals surface area contributed by atoms with Crippen molar-refractivity contribution in [1.82, 2.24) is 5.32 Å². The fourth-order valence-corrected chi connectivity index (χ4v) is 5.19. The van der Waals surface area contributed by atoms with Crippen LogP contribution in [0.2, 0.25) is 6.04 Å². The summed E-state index contributed by atoms with van der Waals surface area (Å²) >= 11 is 1.59. The fraction of sp³-hybridized carbons (Fsp3) is 0.938. The van der Waals surface area contributed by atoms with Gasteiger partial charge in [0.25, 0.3) is 0 Å². The summed E-state index contributed by atoms with van der Waals surface area (Å²) < 4.78 is 22.4. The molecule has 1 atom stereocenters. The van der Waals surface area contributed by atoms with Crippen LogP contribution in [0.15, 0.2) is 0 Å². The van der Waals surface area contributed by atoms with Crippen molar-refractivity contribution in [3.63, 3.8) is 0 Å². The minimum Gasteiger partial charge on any atom is -0.463 e. The van der Waals surface area contributed by atoms with Crippen LogP contribution in [-0.4, -0.2) is 77.5 Å². The third-order valence-corrected chi connectivity index (χ3v) is 7.02. The Hall–Kier alpha value is -0.163. The summed E-state index contributed by atoms with van der Waals surface area (Å²) in [5.74, 6) is 0.465. The van der Waals surface area contributed by atoms with Gasteiger partial charge in [-0.25, -0.2) is 0 Å². The highest BCUT2D eigenvalue weighted by molar-refractivity contribution is 7.98. The molecule has 0 rings (SSSR count). The molecule has 0 aromatic rings. The van der Waals surface area contributed by atoms with Gasteiger partial charge in [-0.2, -0.15) is 11.8 Å². The van der Waals surface area contributed by atoms with E-state index in [4.69, 9.17) is 18.0 Å². The van der Waals surface area contributed by atoms with Crippen LogP contribution in [0.1, 0.15) is 33.6 Å². The lowest BCUT2D eigenvalue weighted by Crippen LogP contribution is -2.46. The molecule has 7 nitrogen and oxygen atoms in total. The Morgan fingerprint density at radius 1 is 1.16 bits per heavy atom. The molecular weight excluding hydrogens is 362 g/mol. The van der Waals surface area contributed by atoms with Crippen molar-refractivity contribution in [3.05, 3.63) is 0 Å². The van der Waals surface area contributed by atoms with Gasteiger partial charge in [0, 0.05) is 38.2 Å². The second-order valence-corrected chi connectivity index (χ2v) is 9.09. The van der Waals surface area contributed by atoms with Gasteiger partial charge in [-0.15, -0.1) is 0 Å². The largest absolute Gasteiger partial charge is 0.500 e. The molecular formula is C16H35NO6SSi. The minimum atomic E-state index is -2.59. The molecule has 0 fully saturated rings. The van der Waals surface area contributed by atoms with E-state index in [9.17, 15) is 9.90 Å². The van der Waals surface area contributed by atoms with E-state index in [0.717, 1.165) is 18.2 Å². The molecule has 0 aromatic carbocycles. The van der Waals surface area contributed by atoms with Crippen LogP contribution < -0.4 is 5.32 Å². The van der Waals surface area contributed by atoms with Crippen LogP contribution in [0.3, 0.4) is 0 Å². The van der Waals surface area contributed by atoms with Crippen LogP contribution in [0.25, 0.3) is 0 Å². The third-order valence-electron chi connectivity index (χ3n) is 3.26. The molecule has 0 amide bonds. The number of ether oxygens (including phenoxy) is 1. The van der Waals surface area contributed by atoms with Crippen LogP contribution in [-0.2, 0) is 22.8 Å². The van der Waals surface area contributed by atoms with Gasteiger partial charge in [0.1, 0.15) is 12.7 Å². The summed E-state index contributed by atoms with van der Waals surface area (Å²) in [6.07, 6.45) is 2.44. The molecule has 1 unspecified atom stereocenters. The maximum absolute atomic E-state index is 11.4. The van der Waals surface area contributed by atoms with Crippen molar-refractivity contribution in [2.45, 2.75) is 45.8 Å². The Bertz CT molecular complexity index is 321. The van der Waals surface area contributed by atoms with Crippen molar-refractivity contribution >= 4 is 26.5 Å². The summed E-state index contributed by atoms with van der Waals surface area (Å²) in [4.78, 5) is 11.4. The van der Waals surface area contributed by atoms with Gasteiger partial charge in [-0.3, -0.25) is 4.79 Å². The predicted octanol–water partition coefficient (Wildman–Crippen LogP) is 1.67. The van der Waals surface area contributed by atoms with Gasteiger partial charge in [-0.05, 0) is 40.0 Å². The first kappa shape index (κ1) is 24.8. The topological polar surface area (TPSA) is 86.2 Å². The lowest BCUT2D eigenvalue weighted by atomic mass is 10.3. The molecule has 150 valence electrons. The van der Waals surface area contributed by atoms with E-state index in [1.165, 1.54) is 0 Å². The van der Waals surface area contributed by atoms with Crippen LogP contribution >= 0.6 is 11.8 Å². The predicted molar refractivity (Wildman–Crippen MR) is 103 cm³/mol. The minimum absolute atomic E-state index is 0.0236. The maximum Gasteiger partial charge on any atom is 0.500 e. The Morgan fingerprint density at radius 3 is 2.28 bits per heavy atom. The molecule has 0 heterocycles. The average Bonchev–Trinajstić information content (AvgIpc) is 2.58. The molecule has 0 radical (unpaired) electrons. The number of carbonyl (C=O) groups excluding carboxylic acids is 1.